The Hall–Kier alpha value is -1.78. The summed E-state index contributed by atoms with van der Waals surface area (Å²) in [6, 6.07) is 11.9. The number of alkyl halides is 2. The third-order valence-electron chi connectivity index (χ3n) is 5.10. The van der Waals surface area contributed by atoms with E-state index in [1.165, 1.54) is 0 Å². The number of esters is 1. The summed E-state index contributed by atoms with van der Waals surface area (Å²) in [7, 11) is 0. The molecule has 0 saturated heterocycles. The third kappa shape index (κ3) is 3.40. The fourth-order valence-corrected chi connectivity index (χ4v) is 3.77. The Labute approximate surface area is 163 Å². The van der Waals surface area contributed by atoms with Gasteiger partial charge in [-0.05, 0) is 32.4 Å². The normalized spacial score (nSPS) is 20.7. The Balaban J connectivity index is 1.69. The maximum atomic E-state index is 12.5. The van der Waals surface area contributed by atoms with Crippen molar-refractivity contribution in [1.29, 1.82) is 0 Å². The van der Waals surface area contributed by atoms with Crippen molar-refractivity contribution in [3.8, 4) is 0 Å². The quantitative estimate of drug-likeness (QED) is 0.413. The van der Waals surface area contributed by atoms with Gasteiger partial charge in [0.05, 0.1) is 0 Å². The van der Waals surface area contributed by atoms with Crippen LogP contribution in [-0.2, 0) is 16.1 Å². The highest BCUT2D eigenvalue weighted by molar-refractivity contribution is 6.53. The number of hydrogen-bond donors (Lipinski definition) is 0. The second-order valence-corrected chi connectivity index (χ2v) is 8.55. The van der Waals surface area contributed by atoms with Crippen LogP contribution >= 0.6 is 23.2 Å². The molecule has 4 nitrogen and oxygen atoms in total. The summed E-state index contributed by atoms with van der Waals surface area (Å²) in [5.74, 6) is -0.765. The van der Waals surface area contributed by atoms with Crippen molar-refractivity contribution in [2.45, 2.75) is 38.1 Å². The van der Waals surface area contributed by atoms with E-state index in [4.69, 9.17) is 27.9 Å². The van der Waals surface area contributed by atoms with Gasteiger partial charge in [0.25, 0.3) is 0 Å². The zero-order chi connectivity index (χ0) is 19.1. The van der Waals surface area contributed by atoms with Crippen LogP contribution in [0.3, 0.4) is 0 Å². The lowest BCUT2D eigenvalue weighted by Gasteiger charge is -2.12. The molecular weight excluding hydrogens is 373 g/mol. The number of ether oxygens (including phenoxy) is 1. The van der Waals surface area contributed by atoms with Gasteiger partial charge in [0, 0.05) is 29.9 Å². The number of hydrogen-bond acceptors (Lipinski definition) is 3. The maximum Gasteiger partial charge on any atom is 0.315 e. The Bertz CT molecular complexity index is 857. The molecule has 0 unspecified atom stereocenters. The van der Waals surface area contributed by atoms with Crippen LogP contribution < -0.4 is 0 Å². The molecule has 0 aliphatic heterocycles. The fraction of sp³-hybridized carbons (Fsp3) is 0.400. The lowest BCUT2D eigenvalue weighted by Crippen LogP contribution is -2.24. The summed E-state index contributed by atoms with van der Waals surface area (Å²) in [5.41, 5.74) is 2.63. The minimum atomic E-state index is -1.10. The average Bonchev–Trinajstić information content (AvgIpc) is 3.01. The topological polar surface area (TPSA) is 48.3 Å². The molecule has 1 fully saturated rings. The Morgan fingerprint density at radius 2 is 1.81 bits per heavy atom. The van der Waals surface area contributed by atoms with Gasteiger partial charge in [0.2, 0.25) is 5.78 Å². The smallest absolute Gasteiger partial charge is 0.315 e. The lowest BCUT2D eigenvalue weighted by molar-refractivity contribution is -0.148. The minimum absolute atomic E-state index is 0.232. The number of aromatic nitrogens is 1. The van der Waals surface area contributed by atoms with Crippen LogP contribution in [0.2, 0.25) is 0 Å². The molecule has 138 valence electrons. The molecule has 0 amide bonds. The largest absolute Gasteiger partial charge is 0.457 e. The second-order valence-electron chi connectivity index (χ2n) is 7.07. The van der Waals surface area contributed by atoms with E-state index in [-0.39, 0.29) is 12.4 Å². The maximum absolute atomic E-state index is 12.5. The summed E-state index contributed by atoms with van der Waals surface area (Å²) in [5, 5.41) is 0. The van der Waals surface area contributed by atoms with E-state index in [9.17, 15) is 9.59 Å². The Morgan fingerprint density at radius 3 is 2.38 bits per heavy atom. The molecule has 1 heterocycles. The monoisotopic (exact) mass is 393 g/mol. The van der Waals surface area contributed by atoms with Crippen LogP contribution in [0.5, 0.6) is 0 Å². The minimum Gasteiger partial charge on any atom is -0.457 e. The molecule has 3 rings (SSSR count). The molecule has 0 radical (unpaired) electrons. The van der Waals surface area contributed by atoms with Crippen molar-refractivity contribution in [2.75, 3.05) is 6.61 Å². The van der Waals surface area contributed by atoms with E-state index in [0.717, 1.165) is 17.0 Å². The number of benzene rings is 1. The molecule has 0 spiro atoms. The summed E-state index contributed by atoms with van der Waals surface area (Å²) in [4.78, 5) is 24.7. The Kier molecular flexibility index (Phi) is 4.93. The molecule has 26 heavy (non-hydrogen) atoms. The number of ketones is 1. The molecule has 1 aromatic carbocycles. The average molecular weight is 394 g/mol. The van der Waals surface area contributed by atoms with Crippen LogP contribution in [-0.4, -0.2) is 27.3 Å². The van der Waals surface area contributed by atoms with Crippen molar-refractivity contribution in [3.05, 3.63) is 58.9 Å². The van der Waals surface area contributed by atoms with Crippen molar-refractivity contribution in [1.82, 2.24) is 4.57 Å². The highest BCUT2D eigenvalue weighted by Gasteiger charge is 2.69. The van der Waals surface area contributed by atoms with E-state index in [2.05, 4.69) is 4.57 Å². The first-order valence-electron chi connectivity index (χ1n) is 8.44. The van der Waals surface area contributed by atoms with Crippen LogP contribution in [0, 0.1) is 19.3 Å². The van der Waals surface area contributed by atoms with Gasteiger partial charge in [-0.15, -0.1) is 23.2 Å². The van der Waals surface area contributed by atoms with Crippen molar-refractivity contribution < 1.29 is 14.3 Å². The first-order chi connectivity index (χ1) is 12.2. The number of carbonyl (C=O) groups is 2. The predicted octanol–water partition coefficient (Wildman–Crippen LogP) is 4.46. The predicted molar refractivity (Wildman–Crippen MR) is 102 cm³/mol. The number of aryl methyl sites for hydroxylation is 1. The van der Waals surface area contributed by atoms with Gasteiger partial charge >= 0.3 is 5.97 Å². The van der Waals surface area contributed by atoms with E-state index in [1.807, 2.05) is 50.2 Å². The number of rotatable bonds is 6. The van der Waals surface area contributed by atoms with Crippen molar-refractivity contribution in [2.24, 2.45) is 5.41 Å². The van der Waals surface area contributed by atoms with Gasteiger partial charge in [0.15, 0.2) is 6.61 Å². The van der Waals surface area contributed by atoms with Gasteiger partial charge in [0.1, 0.15) is 9.75 Å². The number of halogens is 2. The summed E-state index contributed by atoms with van der Waals surface area (Å²) in [6.07, 6.45) is 0.335. The summed E-state index contributed by atoms with van der Waals surface area (Å²) >= 11 is 12.0. The molecule has 2 aromatic rings. The molecule has 1 aromatic heterocycles. The highest BCUT2D eigenvalue weighted by Crippen LogP contribution is 2.64. The van der Waals surface area contributed by atoms with Gasteiger partial charge < -0.3 is 9.30 Å². The fourth-order valence-electron chi connectivity index (χ4n) is 3.08. The first kappa shape index (κ1) is 19.0. The Morgan fingerprint density at radius 1 is 1.19 bits per heavy atom. The first-order valence-corrected chi connectivity index (χ1v) is 9.20. The van der Waals surface area contributed by atoms with Crippen LogP contribution in [0.4, 0.5) is 0 Å². The van der Waals surface area contributed by atoms with E-state index >= 15 is 0 Å². The summed E-state index contributed by atoms with van der Waals surface area (Å²) in [6.45, 7) is 5.87. The van der Waals surface area contributed by atoms with Crippen LogP contribution in [0.25, 0.3) is 0 Å². The van der Waals surface area contributed by atoms with Gasteiger partial charge in [-0.3, -0.25) is 9.59 Å². The molecular formula is C20H21Cl2NO3. The molecule has 6 heteroatoms. The van der Waals surface area contributed by atoms with E-state index in [1.54, 1.807) is 6.92 Å². The molecule has 0 bridgehead atoms. The standard InChI is InChI=1S/C20H21Cl2NO3/c1-13-9-16(14(2)23(13)10-15-7-5-4-6-8-15)17(24)11-26-18(25)19(3)12-20(19,21)22/h4-9H,10-12H2,1-3H3/t19-/m1/s1. The van der Waals surface area contributed by atoms with Crippen LogP contribution in [0.15, 0.2) is 36.4 Å². The number of Topliss-reactive ketones (excluding diaryl/α,β-unsaturated/α-hetero) is 1. The number of nitrogens with zero attached hydrogens (tertiary/aromatic N) is 1. The van der Waals surface area contributed by atoms with E-state index in [0.29, 0.717) is 18.5 Å². The van der Waals surface area contributed by atoms with Crippen LogP contribution in [0.1, 0.15) is 40.7 Å². The highest BCUT2D eigenvalue weighted by atomic mass is 35.5. The summed E-state index contributed by atoms with van der Waals surface area (Å²) < 4.78 is 6.16. The second kappa shape index (κ2) is 6.75. The molecule has 0 N–H and O–H groups in total. The van der Waals surface area contributed by atoms with Gasteiger partial charge in [-0.25, -0.2) is 0 Å². The molecule has 1 aliphatic carbocycles. The number of carbonyl (C=O) groups excluding carboxylic acids is 2. The van der Waals surface area contributed by atoms with E-state index < -0.39 is 15.7 Å². The third-order valence-corrected chi connectivity index (χ3v) is 6.20. The zero-order valence-electron chi connectivity index (χ0n) is 15.0. The van der Waals surface area contributed by atoms with Crippen molar-refractivity contribution >= 4 is 35.0 Å². The lowest BCUT2D eigenvalue weighted by atomic mass is 10.1. The molecule has 1 aliphatic rings. The molecule has 1 atom stereocenters. The SMILES string of the molecule is Cc1cc(C(=O)COC(=O)[C@@]2(C)CC2(Cl)Cl)c(C)n1Cc1ccccc1. The van der Waals surface area contributed by atoms with Crippen molar-refractivity contribution in [3.63, 3.8) is 0 Å². The zero-order valence-corrected chi connectivity index (χ0v) is 16.5. The molecule has 1 saturated carbocycles. The van der Waals surface area contributed by atoms with Gasteiger partial charge in [-0.2, -0.15) is 0 Å². The van der Waals surface area contributed by atoms with Gasteiger partial charge in [-0.1, -0.05) is 30.3 Å².